The van der Waals surface area contributed by atoms with Gasteiger partial charge in [0.15, 0.2) is 0 Å². The van der Waals surface area contributed by atoms with Gasteiger partial charge in [-0.15, -0.1) is 0 Å². The maximum absolute atomic E-state index is 11.7. The number of hydrogen-bond acceptors (Lipinski definition) is 0. The molecule has 0 saturated heterocycles. The monoisotopic (exact) mass is 696 g/mol. The first kappa shape index (κ1) is 41.6. The van der Waals surface area contributed by atoms with Crippen LogP contribution in [0.4, 0.5) is 0 Å². The number of nitrogens with zero attached hydrogens (tertiary/aromatic N) is 2. The van der Waals surface area contributed by atoms with Crippen LogP contribution in [-0.4, -0.2) is 4.70 Å². The molecule has 3 heteroatoms. The van der Waals surface area contributed by atoms with E-state index in [9.17, 15) is 5.53 Å². The Balaban J connectivity index is 0.000000534. The van der Waals surface area contributed by atoms with Gasteiger partial charge in [0.2, 0.25) is 11.4 Å². The van der Waals surface area contributed by atoms with Crippen LogP contribution in [0.25, 0.3) is 16.9 Å². The van der Waals surface area contributed by atoms with Crippen LogP contribution in [0, 0.1) is 12.1 Å². The molecule has 4 aromatic carbocycles. The predicted octanol–water partition coefficient (Wildman–Crippen LogP) is 13.7. The molecule has 0 aromatic heterocycles. The Bertz CT molecular complexity index is 1400. The average molecular weight is 698 g/mol. The largest absolute Gasteiger partial charge is 2.00 e. The van der Waals surface area contributed by atoms with Gasteiger partial charge in [0, 0.05) is 22.3 Å². The summed E-state index contributed by atoms with van der Waals surface area (Å²) in [4.78, 5) is 0. The Morgan fingerprint density at radius 2 is 0.837 bits per heavy atom. The molecule has 0 fully saturated rings. The van der Waals surface area contributed by atoms with Gasteiger partial charge in [0.05, 0.1) is 0 Å². The van der Waals surface area contributed by atoms with E-state index in [0.717, 1.165) is 61.0 Å². The van der Waals surface area contributed by atoms with E-state index >= 15 is 0 Å². The van der Waals surface area contributed by atoms with E-state index in [4.69, 9.17) is 0 Å². The maximum atomic E-state index is 11.7. The fraction of sp³-hybridized carbons (Fsp3) is 0.391. The summed E-state index contributed by atoms with van der Waals surface area (Å²) in [6.45, 7) is 8.92. The fourth-order valence-corrected chi connectivity index (χ4v) is 6.05. The van der Waals surface area contributed by atoms with Crippen molar-refractivity contribution in [2.24, 2.45) is 0 Å². The van der Waals surface area contributed by atoms with Gasteiger partial charge in [-0.1, -0.05) is 103 Å². The van der Waals surface area contributed by atoms with E-state index in [2.05, 4.69) is 88.4 Å². The SMILES string of the molecule is CCCCCCCCCCC1=C(c2ccc(CC)cc2)[N+](=[N-])C(c2ccc(CC)cc2)=C1CCCC.[Ni+2].[c-]1ccccc1.[c-]1ccccc1. The Morgan fingerprint density at radius 1 is 0.469 bits per heavy atom. The van der Waals surface area contributed by atoms with Crippen LogP contribution in [0.3, 0.4) is 0 Å². The van der Waals surface area contributed by atoms with Crippen molar-refractivity contribution in [1.29, 1.82) is 0 Å². The zero-order valence-electron chi connectivity index (χ0n) is 30.5. The molecular weight excluding hydrogens is 639 g/mol. The normalized spacial score (nSPS) is 12.1. The summed E-state index contributed by atoms with van der Waals surface area (Å²) in [6, 6.07) is 42.6. The van der Waals surface area contributed by atoms with Crippen molar-refractivity contribution in [3.05, 3.63) is 160 Å². The van der Waals surface area contributed by atoms with Crippen molar-refractivity contribution in [3.63, 3.8) is 0 Å². The number of rotatable bonds is 16. The van der Waals surface area contributed by atoms with E-state index in [0.29, 0.717) is 0 Å². The molecular formula is C46H58N2Ni. The van der Waals surface area contributed by atoms with E-state index < -0.39 is 0 Å². The van der Waals surface area contributed by atoms with E-state index in [1.165, 1.54) is 78.3 Å². The maximum Gasteiger partial charge on any atom is 2.00 e. The Hall–Kier alpha value is -3.55. The quantitative estimate of drug-likeness (QED) is 0.0482. The zero-order chi connectivity index (χ0) is 34.2. The minimum Gasteiger partial charge on any atom is -0.493 e. The third-order valence-corrected chi connectivity index (χ3v) is 8.91. The third kappa shape index (κ3) is 14.5. The van der Waals surface area contributed by atoms with Gasteiger partial charge in [-0.05, 0) is 73.9 Å². The number of benzene rings is 4. The summed E-state index contributed by atoms with van der Waals surface area (Å²) >= 11 is 0. The second-order valence-electron chi connectivity index (χ2n) is 12.6. The summed E-state index contributed by atoms with van der Waals surface area (Å²) in [7, 11) is 0. The van der Waals surface area contributed by atoms with Crippen molar-refractivity contribution < 1.29 is 21.2 Å². The van der Waals surface area contributed by atoms with Gasteiger partial charge in [-0.25, -0.2) is 4.70 Å². The molecule has 1 heterocycles. The molecule has 0 aliphatic carbocycles. The van der Waals surface area contributed by atoms with Gasteiger partial charge in [0.25, 0.3) is 0 Å². The molecule has 1 aliphatic rings. The molecule has 0 amide bonds. The molecule has 5 rings (SSSR count). The molecule has 0 N–H and O–H groups in total. The Labute approximate surface area is 309 Å². The van der Waals surface area contributed by atoms with Gasteiger partial charge in [-0.3, -0.25) is 0 Å². The van der Waals surface area contributed by atoms with Crippen molar-refractivity contribution >= 4 is 11.4 Å². The number of hydrogen-bond donors (Lipinski definition) is 0. The molecule has 49 heavy (non-hydrogen) atoms. The van der Waals surface area contributed by atoms with Crippen LogP contribution in [0.15, 0.2) is 120 Å². The van der Waals surface area contributed by atoms with E-state index in [1.807, 2.05) is 60.7 Å². The number of aryl methyl sites for hydroxylation is 2. The smallest absolute Gasteiger partial charge is 0.493 e. The van der Waals surface area contributed by atoms with Crippen molar-refractivity contribution in [1.82, 2.24) is 0 Å². The van der Waals surface area contributed by atoms with E-state index in [1.54, 1.807) is 0 Å². The molecule has 0 atom stereocenters. The van der Waals surface area contributed by atoms with Crippen molar-refractivity contribution in [2.75, 3.05) is 0 Å². The molecule has 0 spiro atoms. The van der Waals surface area contributed by atoms with E-state index in [-0.39, 0.29) is 16.5 Å². The topological polar surface area (TPSA) is 25.3 Å². The van der Waals surface area contributed by atoms with Crippen LogP contribution >= 0.6 is 0 Å². The second kappa shape index (κ2) is 25.4. The van der Waals surface area contributed by atoms with Gasteiger partial charge in [0.1, 0.15) is 0 Å². The summed E-state index contributed by atoms with van der Waals surface area (Å²) in [5.74, 6) is 0. The van der Waals surface area contributed by atoms with Crippen LogP contribution in [-0.2, 0) is 29.3 Å². The van der Waals surface area contributed by atoms with Crippen LogP contribution in [0.2, 0.25) is 0 Å². The van der Waals surface area contributed by atoms with Crippen LogP contribution < -0.4 is 0 Å². The summed E-state index contributed by atoms with van der Waals surface area (Å²) in [5.41, 5.74) is 21.3. The fourth-order valence-electron chi connectivity index (χ4n) is 6.05. The number of unbranched alkanes of at least 4 members (excludes halogenated alkanes) is 8. The molecule has 2 nitrogen and oxygen atoms in total. The van der Waals surface area contributed by atoms with Gasteiger partial charge >= 0.3 is 16.5 Å². The minimum atomic E-state index is 0. The first-order valence-corrected chi connectivity index (χ1v) is 18.6. The molecule has 0 unspecified atom stereocenters. The third-order valence-electron chi connectivity index (χ3n) is 8.91. The molecule has 1 aliphatic heterocycles. The summed E-state index contributed by atoms with van der Waals surface area (Å²) in [5, 5.41) is 0. The number of allylic oxidation sites excluding steroid dienone is 2. The first-order chi connectivity index (χ1) is 23.6. The van der Waals surface area contributed by atoms with Crippen LogP contribution in [0.1, 0.15) is 127 Å². The molecule has 262 valence electrons. The zero-order valence-corrected chi connectivity index (χ0v) is 31.5. The molecule has 0 bridgehead atoms. The van der Waals surface area contributed by atoms with Crippen LogP contribution in [0.5, 0.6) is 0 Å². The minimum absolute atomic E-state index is 0. The second-order valence-corrected chi connectivity index (χ2v) is 12.6. The van der Waals surface area contributed by atoms with Gasteiger partial charge < -0.3 is 5.53 Å². The summed E-state index contributed by atoms with van der Waals surface area (Å²) in [6.07, 6.45) is 17.0. The Kier molecular flexibility index (Phi) is 21.6. The average Bonchev–Trinajstić information content (AvgIpc) is 3.43. The molecule has 4 aromatic rings. The standard InChI is InChI=1S/C34H48N2.2C6H5.Ni/c1-5-9-11-12-13-14-15-16-18-32-31(17-10-6-2)33(29-23-19-27(7-3)20-24-29)36(35)34(32)30-25-21-28(8-4)22-26-30;2*1-2-4-6-5-3-1;/h19-26H,5-18H2,1-4H3;2*1-5H;/q;2*-1;+2. The summed E-state index contributed by atoms with van der Waals surface area (Å²) < 4.78 is 1.52. The molecule has 0 radical (unpaired) electrons. The van der Waals surface area contributed by atoms with Crippen molar-refractivity contribution in [3.8, 4) is 0 Å². The van der Waals surface area contributed by atoms with Gasteiger partial charge in [-0.2, -0.15) is 72.8 Å². The van der Waals surface area contributed by atoms with Crippen molar-refractivity contribution in [2.45, 2.75) is 118 Å². The first-order valence-electron chi connectivity index (χ1n) is 18.6. The molecule has 0 saturated carbocycles. The predicted molar refractivity (Wildman–Crippen MR) is 206 cm³/mol. The Morgan fingerprint density at radius 3 is 1.16 bits per heavy atom.